The molecule has 0 saturated carbocycles. The fraction of sp³-hybridized carbons (Fsp3) is 0.143. The molecule has 12 aromatic heterocycles. The molecule has 12 aromatic carbocycles. The van der Waals surface area contributed by atoms with Crippen LogP contribution in [0.1, 0.15) is 108 Å². The molecule has 0 unspecified atom stereocenters. The SMILES string of the molecule is Cc1cccc2c3c4c(cc(C)c3n(-c3cnc5c6nccnc6c6nccnc6c5n3)c12)-c1ccccc1C4(C)C.Cc1cccc2c3cc4c(c(C)c3n(-c3cnc5c6nccnc6c6nccnc6c5n3)c12)-c1ccccc1C4(C)C.Cc1cccc2c3cc4c(c(C)c3n(-c3cnc5c6nccnc6c6nccnc6c5n3)c12)C(C)(C)c1ccccc1-4. The van der Waals surface area contributed by atoms with Gasteiger partial charge in [0, 0.05) is 123 Å². The number of hydrogen-bond donors (Lipinski definition) is 0. The maximum atomic E-state index is 5.28. The Morgan fingerprint density at radius 3 is 0.937 bits per heavy atom. The van der Waals surface area contributed by atoms with Crippen molar-refractivity contribution in [2.45, 2.75) is 99.3 Å². The lowest BCUT2D eigenvalue weighted by Crippen LogP contribution is -2.17. The van der Waals surface area contributed by atoms with Crippen molar-refractivity contribution in [3.05, 3.63) is 305 Å². The Kier molecular flexibility index (Phi) is 15.1. The first-order valence-corrected chi connectivity index (χ1v) is 42.4. The van der Waals surface area contributed by atoms with Gasteiger partial charge in [0.1, 0.15) is 99.3 Å². The lowest BCUT2D eigenvalue weighted by atomic mass is 9.80. The molecule has 27 rings (SSSR count). The third-order valence-electron chi connectivity index (χ3n) is 27.2. The number of rotatable bonds is 3. The van der Waals surface area contributed by atoms with Gasteiger partial charge in [0.05, 0.1) is 51.7 Å². The number of benzene rings is 12. The molecule has 0 fully saturated rings. The molecule has 0 spiro atoms. The molecule has 21 nitrogen and oxygen atoms in total. The molecule has 3 aliphatic carbocycles. The van der Waals surface area contributed by atoms with Crippen LogP contribution in [0.5, 0.6) is 0 Å². The van der Waals surface area contributed by atoms with Crippen molar-refractivity contribution < 1.29 is 0 Å². The van der Waals surface area contributed by atoms with E-state index in [0.29, 0.717) is 99.3 Å². The summed E-state index contributed by atoms with van der Waals surface area (Å²) in [6, 6.07) is 53.2. The molecule has 21 heteroatoms. The van der Waals surface area contributed by atoms with Crippen molar-refractivity contribution in [2.24, 2.45) is 0 Å². The molecule has 0 amide bonds. The molecular formula is C105H75N21. The van der Waals surface area contributed by atoms with Crippen molar-refractivity contribution in [3.63, 3.8) is 0 Å². The maximum absolute atomic E-state index is 5.28. The van der Waals surface area contributed by atoms with Crippen LogP contribution in [0.25, 0.3) is 216 Å². The normalized spacial score (nSPS) is 13.9. The summed E-state index contributed by atoms with van der Waals surface area (Å²) in [5, 5.41) is 7.35. The Morgan fingerprint density at radius 2 is 0.532 bits per heavy atom. The van der Waals surface area contributed by atoms with Crippen molar-refractivity contribution >= 4 is 165 Å². The van der Waals surface area contributed by atoms with Crippen molar-refractivity contribution in [3.8, 4) is 50.8 Å². The molecule has 0 radical (unpaired) electrons. The summed E-state index contributed by atoms with van der Waals surface area (Å²) < 4.78 is 6.88. The second-order valence-electron chi connectivity index (χ2n) is 35.2. The Balaban J connectivity index is 0.000000103. The van der Waals surface area contributed by atoms with E-state index in [4.69, 9.17) is 29.9 Å². The molecule has 0 bridgehead atoms. The quantitative estimate of drug-likeness (QED) is 0.149. The lowest BCUT2D eigenvalue weighted by molar-refractivity contribution is 0.656. The molecule has 600 valence electrons. The van der Waals surface area contributed by atoms with Gasteiger partial charge in [-0.1, -0.05) is 169 Å². The molecule has 12 heterocycles. The summed E-state index contributed by atoms with van der Waals surface area (Å²) in [4.78, 5) is 86.2. The summed E-state index contributed by atoms with van der Waals surface area (Å²) in [6.45, 7) is 27.3. The van der Waals surface area contributed by atoms with Gasteiger partial charge in [-0.3, -0.25) is 73.5 Å². The molecule has 0 saturated heterocycles. The minimum absolute atomic E-state index is 0.0917. The molecule has 24 aromatic rings. The van der Waals surface area contributed by atoms with Crippen molar-refractivity contribution in [1.82, 2.24) is 103 Å². The van der Waals surface area contributed by atoms with E-state index in [9.17, 15) is 0 Å². The largest absolute Gasteiger partial charge is 0.292 e. The van der Waals surface area contributed by atoms with E-state index in [-0.39, 0.29) is 16.2 Å². The van der Waals surface area contributed by atoms with Crippen LogP contribution in [0.4, 0.5) is 0 Å². The Bertz CT molecular complexity index is 8780. The van der Waals surface area contributed by atoms with Crippen LogP contribution < -0.4 is 0 Å². The minimum Gasteiger partial charge on any atom is -0.292 e. The molecule has 3 aliphatic rings. The summed E-state index contributed by atoms with van der Waals surface area (Å²) >= 11 is 0. The fourth-order valence-electron chi connectivity index (χ4n) is 22.0. The highest BCUT2D eigenvalue weighted by Gasteiger charge is 2.42. The summed E-state index contributed by atoms with van der Waals surface area (Å²) in [7, 11) is 0. The topological polar surface area (TPSA) is 247 Å². The zero-order valence-corrected chi connectivity index (χ0v) is 70.9. The highest BCUT2D eigenvalue weighted by Crippen LogP contribution is 2.58. The van der Waals surface area contributed by atoms with Crippen LogP contribution in [0.2, 0.25) is 0 Å². The zero-order chi connectivity index (χ0) is 85.0. The van der Waals surface area contributed by atoms with Crippen molar-refractivity contribution in [1.29, 1.82) is 0 Å². The van der Waals surface area contributed by atoms with Crippen molar-refractivity contribution in [2.75, 3.05) is 0 Å². The molecule has 126 heavy (non-hydrogen) atoms. The smallest absolute Gasteiger partial charge is 0.157 e. The van der Waals surface area contributed by atoms with Crippen LogP contribution in [-0.4, -0.2) is 103 Å². The fourth-order valence-corrected chi connectivity index (χ4v) is 22.0. The zero-order valence-electron chi connectivity index (χ0n) is 70.9. The van der Waals surface area contributed by atoms with Crippen LogP contribution in [0.15, 0.2) is 239 Å². The van der Waals surface area contributed by atoms with E-state index in [1.807, 2.05) is 18.6 Å². The number of aromatic nitrogens is 21. The predicted octanol–water partition coefficient (Wildman–Crippen LogP) is 22.6. The van der Waals surface area contributed by atoms with Gasteiger partial charge in [-0.25, -0.2) is 29.9 Å². The van der Waals surface area contributed by atoms with Gasteiger partial charge < -0.3 is 0 Å². The number of nitrogens with zero attached hydrogens (tertiary/aromatic N) is 21. The van der Waals surface area contributed by atoms with Crippen LogP contribution in [0, 0.1) is 41.5 Å². The first kappa shape index (κ1) is 72.9. The maximum Gasteiger partial charge on any atom is 0.157 e. The standard InChI is InChI=1S/3C35H25N7/c1-18-8-7-10-20-22-16-24-26(21-9-5-6-11-23(21)35(24,3)4)19(2)34(22)42(33(18)20)25-17-40-31-29-27(36-12-13-38-29)28-30(32(31)41-25)39-15-14-37-28;1-18-8-7-10-21-23-16-22-20-9-5-6-11-24(20)35(3,4)26(22)19(2)34(23)42(33(18)21)25-17-40-31-29-27(36-12-13-38-29)28-30(32(31)41-25)39-15-14-37-28;1-18-8-7-10-21-25-26-22(20-9-5-6-11-23(20)35(26,3)4)16-19(2)34(25)42(33(18)21)24-17-40-31-29-27(36-12-13-38-29)28-30(32(31)41-24)39-15-14-37-28/h3*5-17H,1-4H3. The average Bonchev–Trinajstić information content (AvgIpc) is 1.53. The number of fused-ring (bicyclic) bond motifs is 37. The third kappa shape index (κ3) is 9.78. The van der Waals surface area contributed by atoms with Crippen LogP contribution in [0.3, 0.4) is 0 Å². The number of aryl methyl sites for hydroxylation is 6. The second kappa shape index (κ2) is 26.1. The van der Waals surface area contributed by atoms with Gasteiger partial charge in [0.2, 0.25) is 0 Å². The Labute approximate surface area is 719 Å². The first-order chi connectivity index (χ1) is 61.3. The van der Waals surface area contributed by atoms with Gasteiger partial charge in [0.15, 0.2) is 17.5 Å². The summed E-state index contributed by atoms with van der Waals surface area (Å²) in [5.41, 5.74) is 41.9. The Morgan fingerprint density at radius 1 is 0.222 bits per heavy atom. The van der Waals surface area contributed by atoms with E-state index in [1.54, 1.807) is 74.4 Å². The summed E-state index contributed by atoms with van der Waals surface area (Å²) in [5.74, 6) is 2.22. The molecule has 0 N–H and O–H groups in total. The average molecular weight is 1630 g/mol. The monoisotopic (exact) mass is 1630 g/mol. The number of para-hydroxylation sites is 3. The molecule has 0 aliphatic heterocycles. The van der Waals surface area contributed by atoms with Crippen LogP contribution in [-0.2, 0) is 16.2 Å². The lowest BCUT2D eigenvalue weighted by Gasteiger charge is -2.24. The van der Waals surface area contributed by atoms with Gasteiger partial charge in [0.25, 0.3) is 0 Å². The minimum atomic E-state index is -0.154. The second-order valence-corrected chi connectivity index (χ2v) is 35.2. The molecule has 0 atom stereocenters. The van der Waals surface area contributed by atoms with E-state index < -0.39 is 0 Å². The van der Waals surface area contributed by atoms with Gasteiger partial charge in [-0.2, -0.15) is 0 Å². The van der Waals surface area contributed by atoms with Gasteiger partial charge >= 0.3 is 0 Å². The van der Waals surface area contributed by atoms with Gasteiger partial charge in [-0.15, -0.1) is 0 Å². The highest BCUT2D eigenvalue weighted by atomic mass is 15.1. The molecular weight excluding hydrogens is 1560 g/mol. The third-order valence-corrected chi connectivity index (χ3v) is 27.2. The van der Waals surface area contributed by atoms with E-state index >= 15 is 0 Å². The predicted molar refractivity (Wildman–Crippen MR) is 501 cm³/mol. The van der Waals surface area contributed by atoms with Gasteiger partial charge in [-0.05, 0) is 160 Å². The Hall–Kier alpha value is -15.9. The number of hydrogen-bond acceptors (Lipinski definition) is 18. The first-order valence-electron chi connectivity index (χ1n) is 42.4. The highest BCUT2D eigenvalue weighted by molar-refractivity contribution is 6.23. The summed E-state index contributed by atoms with van der Waals surface area (Å²) in [6.07, 6.45) is 25.7. The van der Waals surface area contributed by atoms with E-state index in [2.05, 4.69) is 302 Å². The van der Waals surface area contributed by atoms with E-state index in [1.165, 1.54) is 132 Å². The van der Waals surface area contributed by atoms with E-state index in [0.717, 1.165) is 50.6 Å². The van der Waals surface area contributed by atoms with Crippen LogP contribution >= 0.6 is 0 Å².